The summed E-state index contributed by atoms with van der Waals surface area (Å²) in [5.74, 6) is 0.114. The topological polar surface area (TPSA) is 26.8 Å². The summed E-state index contributed by atoms with van der Waals surface area (Å²) in [6.07, 6.45) is 2.26. The van der Waals surface area contributed by atoms with Gasteiger partial charge in [-0.25, -0.2) is 4.39 Å². The van der Waals surface area contributed by atoms with E-state index in [4.69, 9.17) is 2.74 Å². The van der Waals surface area contributed by atoms with Crippen LogP contribution in [0.2, 0.25) is 0 Å². The van der Waals surface area contributed by atoms with Crippen molar-refractivity contribution in [2.45, 2.75) is 31.2 Å². The van der Waals surface area contributed by atoms with Gasteiger partial charge in [-0.1, -0.05) is 12.1 Å². The number of fused-ring (bicyclic) bond motifs is 3. The third-order valence-corrected chi connectivity index (χ3v) is 6.68. The summed E-state index contributed by atoms with van der Waals surface area (Å²) in [5, 5.41) is 0. The molecule has 0 aromatic heterocycles. The highest BCUT2D eigenvalue weighted by Gasteiger charge is 2.44. The Bertz CT molecular complexity index is 997. The van der Waals surface area contributed by atoms with E-state index < -0.39 is 6.50 Å². The predicted molar refractivity (Wildman–Crippen MR) is 115 cm³/mol. The van der Waals surface area contributed by atoms with Crippen LogP contribution in [0.5, 0.6) is 0 Å². The zero-order valence-electron chi connectivity index (χ0n) is 18.8. The molecule has 0 amide bonds. The van der Waals surface area contributed by atoms with Crippen molar-refractivity contribution in [3.8, 4) is 0 Å². The van der Waals surface area contributed by atoms with Crippen molar-refractivity contribution in [1.29, 1.82) is 0 Å². The Morgan fingerprint density at radius 2 is 2.03 bits per heavy atom. The van der Waals surface area contributed by atoms with E-state index in [0.29, 0.717) is 30.5 Å². The van der Waals surface area contributed by atoms with Crippen molar-refractivity contribution in [2.75, 3.05) is 49.5 Å². The molecule has 1 fully saturated rings. The summed E-state index contributed by atoms with van der Waals surface area (Å²) in [6.45, 7) is 1.80. The summed E-state index contributed by atoms with van der Waals surface area (Å²) < 4.78 is 30.0. The molecule has 152 valence electrons. The fraction of sp³-hybridized carbons (Fsp3) is 0.458. The molecule has 2 aromatic rings. The monoisotopic (exact) mass is 395 g/mol. The summed E-state index contributed by atoms with van der Waals surface area (Å²) in [7, 11) is 1.85. The number of benzene rings is 2. The molecule has 3 heterocycles. The van der Waals surface area contributed by atoms with Crippen molar-refractivity contribution >= 4 is 17.2 Å². The van der Waals surface area contributed by atoms with E-state index in [1.54, 1.807) is 17.0 Å². The van der Waals surface area contributed by atoms with Crippen molar-refractivity contribution in [3.05, 3.63) is 59.4 Å². The van der Waals surface area contributed by atoms with Crippen LogP contribution in [0.15, 0.2) is 42.5 Å². The number of carbonyl (C=O) groups is 1. The van der Waals surface area contributed by atoms with Gasteiger partial charge >= 0.3 is 0 Å². The second-order valence-electron chi connectivity index (χ2n) is 8.36. The van der Waals surface area contributed by atoms with Crippen LogP contribution < -0.4 is 9.80 Å². The van der Waals surface area contributed by atoms with Gasteiger partial charge in [0, 0.05) is 57.1 Å². The van der Waals surface area contributed by atoms with E-state index in [-0.39, 0.29) is 11.6 Å². The molecule has 5 rings (SSSR count). The van der Waals surface area contributed by atoms with Crippen molar-refractivity contribution in [1.82, 2.24) is 4.90 Å². The Morgan fingerprint density at radius 3 is 2.86 bits per heavy atom. The molecular weight excluding hydrogens is 365 g/mol. The highest BCUT2D eigenvalue weighted by Crippen LogP contribution is 2.50. The van der Waals surface area contributed by atoms with Crippen LogP contribution in [0.1, 0.15) is 43.8 Å². The fourth-order valence-corrected chi connectivity index (χ4v) is 5.19. The number of carbonyl (C=O) groups excluding carboxylic acids is 1. The Labute approximate surface area is 174 Å². The zero-order chi connectivity index (χ0) is 21.8. The predicted octanol–water partition coefficient (Wildman–Crippen LogP) is 3.92. The summed E-state index contributed by atoms with van der Waals surface area (Å²) in [4.78, 5) is 18.9. The lowest BCUT2D eigenvalue weighted by Crippen LogP contribution is -2.49. The Hall–Kier alpha value is -2.40. The van der Waals surface area contributed by atoms with Crippen molar-refractivity contribution in [2.24, 2.45) is 0 Å². The van der Waals surface area contributed by atoms with E-state index in [1.807, 2.05) is 19.2 Å². The van der Waals surface area contributed by atoms with Gasteiger partial charge in [-0.2, -0.15) is 0 Å². The second kappa shape index (κ2) is 7.45. The lowest BCUT2D eigenvalue weighted by Gasteiger charge is -2.41. The number of ketones is 1. The Morgan fingerprint density at radius 1 is 1.21 bits per heavy atom. The van der Waals surface area contributed by atoms with E-state index in [9.17, 15) is 9.18 Å². The highest BCUT2D eigenvalue weighted by atomic mass is 19.1. The van der Waals surface area contributed by atoms with E-state index >= 15 is 0 Å². The molecule has 3 aliphatic heterocycles. The lowest BCUT2D eigenvalue weighted by molar-refractivity contribution is 0.0971. The Balaban J connectivity index is 1.25. The quantitative estimate of drug-likeness (QED) is 0.717. The van der Waals surface area contributed by atoms with Gasteiger partial charge in [-0.05, 0) is 55.3 Å². The smallest absolute Gasteiger partial charge is 0.162 e. The molecule has 0 saturated carbocycles. The molecule has 0 spiro atoms. The van der Waals surface area contributed by atoms with E-state index in [0.717, 1.165) is 38.2 Å². The summed E-state index contributed by atoms with van der Waals surface area (Å²) >= 11 is 0. The zero-order valence-corrected chi connectivity index (χ0v) is 16.8. The van der Waals surface area contributed by atoms with Crippen LogP contribution >= 0.6 is 0 Å². The van der Waals surface area contributed by atoms with Crippen molar-refractivity contribution in [3.63, 3.8) is 0 Å². The van der Waals surface area contributed by atoms with Gasteiger partial charge in [0.1, 0.15) is 5.82 Å². The van der Waals surface area contributed by atoms with E-state index in [2.05, 4.69) is 15.9 Å². The first-order valence-corrected chi connectivity index (χ1v) is 10.5. The van der Waals surface area contributed by atoms with Crippen LogP contribution in [-0.2, 0) is 0 Å². The number of hydrogen-bond donors (Lipinski definition) is 0. The van der Waals surface area contributed by atoms with E-state index in [1.165, 1.54) is 23.4 Å². The number of piperidine rings is 1. The molecule has 0 bridgehead atoms. The summed E-state index contributed by atoms with van der Waals surface area (Å²) in [5.41, 5.74) is 4.10. The molecule has 0 unspecified atom stereocenters. The maximum Gasteiger partial charge on any atom is 0.162 e. The van der Waals surface area contributed by atoms with Gasteiger partial charge in [0.05, 0.1) is 14.1 Å². The minimum absolute atomic E-state index is 0.0630. The van der Waals surface area contributed by atoms with Gasteiger partial charge in [-0.15, -0.1) is 0 Å². The number of Topliss-reactive ketones (excluding diaryl/α,β-unsaturated/α-hetero) is 1. The maximum absolute atomic E-state index is 13.1. The molecule has 4 nitrogen and oxygen atoms in total. The van der Waals surface area contributed by atoms with Crippen LogP contribution in [0.3, 0.4) is 0 Å². The van der Waals surface area contributed by atoms with Gasteiger partial charge in [0.25, 0.3) is 0 Å². The Kier molecular flexibility index (Phi) is 4.21. The third-order valence-electron chi connectivity index (χ3n) is 6.68. The molecule has 3 aliphatic rings. The molecule has 29 heavy (non-hydrogen) atoms. The number of rotatable bonds is 5. The van der Waals surface area contributed by atoms with Gasteiger partial charge in [0.2, 0.25) is 0 Å². The number of likely N-dealkylation sites (N-methyl/N-ethyl adjacent to an activating group) is 1. The van der Waals surface area contributed by atoms with Gasteiger partial charge < -0.3 is 14.7 Å². The normalized spacial score (nSPS) is 25.9. The fourth-order valence-electron chi connectivity index (χ4n) is 5.19. The van der Waals surface area contributed by atoms with Crippen LogP contribution in [0, 0.1) is 5.82 Å². The molecule has 2 aromatic carbocycles. The highest BCUT2D eigenvalue weighted by molar-refractivity contribution is 5.95. The number of likely N-dealkylation sites (tertiary alicyclic amines) is 1. The van der Waals surface area contributed by atoms with Crippen LogP contribution in [-0.4, -0.2) is 56.4 Å². The van der Waals surface area contributed by atoms with Gasteiger partial charge in [0.15, 0.2) is 5.78 Å². The van der Waals surface area contributed by atoms with Crippen LogP contribution in [0.25, 0.3) is 0 Å². The summed E-state index contributed by atoms with van der Waals surface area (Å²) in [6, 6.07) is 12.4. The molecular formula is C24H28FN3O. The lowest BCUT2D eigenvalue weighted by atomic mass is 9.89. The first-order chi connectivity index (χ1) is 14.8. The molecule has 1 saturated heterocycles. The second-order valence-corrected chi connectivity index (χ2v) is 8.36. The van der Waals surface area contributed by atoms with Crippen LogP contribution in [0.4, 0.5) is 15.8 Å². The molecule has 0 N–H and O–H groups in total. The maximum atomic E-state index is 13.1. The SMILES string of the molecule is [2H]C1([2H])CN2c3c(cccc3N1C)[C@@H]1CN(CCCC(=O)c3ccc(F)cc3)CC[C@@H]12. The minimum Gasteiger partial charge on any atom is -0.371 e. The molecule has 0 aliphatic carbocycles. The number of hydrogen-bond acceptors (Lipinski definition) is 4. The third kappa shape index (κ3) is 3.31. The number of nitrogens with zero attached hydrogens (tertiary/aromatic N) is 3. The minimum atomic E-state index is -1.38. The number of anilines is 2. The molecule has 5 heteroatoms. The van der Waals surface area contributed by atoms with Gasteiger partial charge in [-0.3, -0.25) is 4.79 Å². The largest absolute Gasteiger partial charge is 0.371 e. The standard InChI is InChI=1S/C24H28FN3O/c1-26-14-15-28-21-11-13-27(16-20(21)19-4-2-5-22(26)24(19)28)12-3-6-23(29)17-7-9-18(25)10-8-17/h2,4-5,7-10,20-21H,3,6,11-16H2,1H3/t20-,21-/m0/s1/i14D2. The average molecular weight is 396 g/mol. The average Bonchev–Trinajstić information content (AvgIpc) is 3.06. The molecule has 0 radical (unpaired) electrons. The first-order valence-electron chi connectivity index (χ1n) is 11.5. The number of halogens is 1. The first kappa shape index (κ1) is 16.4. The number of para-hydroxylation sites is 1. The van der Waals surface area contributed by atoms with Crippen molar-refractivity contribution < 1.29 is 11.9 Å². The molecule has 2 atom stereocenters.